The first-order valence-corrected chi connectivity index (χ1v) is 19.9. The zero-order valence-corrected chi connectivity index (χ0v) is 31.3. The molecule has 270 valence electrons. The van der Waals surface area contributed by atoms with Crippen molar-refractivity contribution in [2.45, 2.75) is 38.0 Å². The van der Waals surface area contributed by atoms with Crippen LogP contribution in [0.2, 0.25) is 0 Å². The van der Waals surface area contributed by atoms with Crippen LogP contribution in [0.5, 0.6) is 0 Å². The number of nitrogens with zero attached hydrogens (tertiary/aromatic N) is 2. The van der Waals surface area contributed by atoms with Crippen LogP contribution in [0.1, 0.15) is 43.6 Å². The zero-order valence-electron chi connectivity index (χ0n) is 31.3. The highest BCUT2D eigenvalue weighted by atomic mass is 16.3. The first-order chi connectivity index (χ1) is 27.8. The lowest BCUT2D eigenvalue weighted by Crippen LogP contribution is -2.10. The third-order valence-corrected chi connectivity index (χ3v) is 11.5. The van der Waals surface area contributed by atoms with E-state index in [9.17, 15) is 0 Å². The van der Waals surface area contributed by atoms with E-state index in [1.54, 1.807) is 0 Å². The molecule has 56 heavy (non-hydrogen) atoms. The van der Waals surface area contributed by atoms with E-state index in [0.29, 0.717) is 5.92 Å². The van der Waals surface area contributed by atoms with Crippen molar-refractivity contribution in [1.82, 2.24) is 4.98 Å². The number of fused-ring (bicyclic) bond motifs is 3. The molecule has 0 atom stereocenters. The quantitative estimate of drug-likeness (QED) is 0.156. The van der Waals surface area contributed by atoms with Gasteiger partial charge in [0.15, 0.2) is 5.58 Å². The van der Waals surface area contributed by atoms with E-state index in [1.807, 2.05) is 0 Å². The van der Waals surface area contributed by atoms with E-state index < -0.39 is 0 Å². The Hall–Kier alpha value is -6.71. The number of hydrogen-bond donors (Lipinski definition) is 0. The Labute approximate surface area is 328 Å². The van der Waals surface area contributed by atoms with E-state index in [1.165, 1.54) is 48.8 Å². The fourth-order valence-corrected chi connectivity index (χ4v) is 8.63. The van der Waals surface area contributed by atoms with Crippen LogP contribution in [-0.4, -0.2) is 4.98 Å². The summed E-state index contributed by atoms with van der Waals surface area (Å²) < 4.78 is 7.07. The number of benzene rings is 7. The average Bonchev–Trinajstić information content (AvgIpc) is 3.68. The van der Waals surface area contributed by atoms with Crippen LogP contribution in [0, 0.1) is 0 Å². The molecule has 0 amide bonds. The lowest BCUT2D eigenvalue weighted by atomic mass is 9.84. The van der Waals surface area contributed by atoms with Crippen LogP contribution in [0.4, 0.5) is 17.1 Å². The molecule has 0 radical (unpaired) electrons. The molecule has 7 aromatic carbocycles. The number of pyridine rings is 1. The summed E-state index contributed by atoms with van der Waals surface area (Å²) >= 11 is 0. The third-order valence-electron chi connectivity index (χ3n) is 11.5. The molecule has 1 aliphatic rings. The summed E-state index contributed by atoms with van der Waals surface area (Å²) in [5, 5.41) is 2.14. The Bertz CT molecular complexity index is 2700. The van der Waals surface area contributed by atoms with Crippen molar-refractivity contribution in [2.75, 3.05) is 4.90 Å². The van der Waals surface area contributed by atoms with Gasteiger partial charge in [0.1, 0.15) is 5.58 Å². The Morgan fingerprint density at radius 3 is 1.64 bits per heavy atom. The lowest BCUT2D eigenvalue weighted by molar-refractivity contribution is 0.443. The van der Waals surface area contributed by atoms with Crippen LogP contribution in [0.25, 0.3) is 66.7 Å². The van der Waals surface area contributed by atoms with Crippen LogP contribution in [0.3, 0.4) is 0 Å². The second kappa shape index (κ2) is 14.8. The summed E-state index contributed by atoms with van der Waals surface area (Å²) in [6.45, 7) is 0. The highest BCUT2D eigenvalue weighted by Crippen LogP contribution is 2.45. The monoisotopic (exact) mass is 722 g/mol. The molecule has 9 aromatic rings. The minimum absolute atomic E-state index is 0.684. The van der Waals surface area contributed by atoms with Crippen LogP contribution in [-0.2, 0) is 0 Å². The Balaban J connectivity index is 1.10. The summed E-state index contributed by atoms with van der Waals surface area (Å²) in [4.78, 5) is 7.57. The van der Waals surface area contributed by atoms with Gasteiger partial charge in [0, 0.05) is 33.3 Å². The Morgan fingerprint density at radius 1 is 0.429 bits per heavy atom. The van der Waals surface area contributed by atoms with Gasteiger partial charge in [0.05, 0.1) is 17.1 Å². The summed E-state index contributed by atoms with van der Waals surface area (Å²) in [6.07, 6.45) is 6.65. The van der Waals surface area contributed by atoms with Gasteiger partial charge in [-0.2, -0.15) is 0 Å². The number of para-hydroxylation sites is 2. The number of rotatable bonds is 8. The Kier molecular flexibility index (Phi) is 8.97. The maximum absolute atomic E-state index is 7.07. The molecule has 0 aliphatic heterocycles. The highest BCUT2D eigenvalue weighted by Gasteiger charge is 2.22. The van der Waals surface area contributed by atoms with Gasteiger partial charge in [-0.15, -0.1) is 0 Å². The number of furan rings is 1. The van der Waals surface area contributed by atoms with E-state index in [2.05, 4.69) is 193 Å². The number of hydrogen-bond acceptors (Lipinski definition) is 3. The largest absolute Gasteiger partial charge is 0.453 e. The molecule has 2 heterocycles. The molecule has 0 saturated heterocycles. The van der Waals surface area contributed by atoms with Crippen LogP contribution >= 0.6 is 0 Å². The van der Waals surface area contributed by atoms with Gasteiger partial charge >= 0.3 is 0 Å². The van der Waals surface area contributed by atoms with Crippen LogP contribution in [0.15, 0.2) is 192 Å². The van der Waals surface area contributed by atoms with Gasteiger partial charge < -0.3 is 9.32 Å². The first kappa shape index (κ1) is 33.8. The summed E-state index contributed by atoms with van der Waals surface area (Å²) in [5.74, 6) is 0.684. The zero-order chi connectivity index (χ0) is 37.3. The first-order valence-electron chi connectivity index (χ1n) is 19.9. The van der Waals surface area contributed by atoms with Crippen molar-refractivity contribution >= 4 is 39.0 Å². The van der Waals surface area contributed by atoms with Crippen molar-refractivity contribution in [3.05, 3.63) is 194 Å². The van der Waals surface area contributed by atoms with Gasteiger partial charge in [0.25, 0.3) is 0 Å². The predicted molar refractivity (Wildman–Crippen MR) is 234 cm³/mol. The summed E-state index contributed by atoms with van der Waals surface area (Å²) in [7, 11) is 0. The Morgan fingerprint density at radius 2 is 0.982 bits per heavy atom. The molecule has 3 heteroatoms. The molecule has 1 aliphatic carbocycles. The molecule has 0 unspecified atom stereocenters. The molecule has 0 bridgehead atoms. The maximum atomic E-state index is 7.07. The summed E-state index contributed by atoms with van der Waals surface area (Å²) in [5.41, 5.74) is 14.8. The van der Waals surface area contributed by atoms with Crippen molar-refractivity contribution in [3.63, 3.8) is 0 Å². The fraction of sp³-hybridized carbons (Fsp3) is 0.113. The predicted octanol–water partition coefficient (Wildman–Crippen LogP) is 15.2. The van der Waals surface area contributed by atoms with Gasteiger partial charge in [-0.1, -0.05) is 159 Å². The maximum Gasteiger partial charge on any atom is 0.159 e. The van der Waals surface area contributed by atoms with Gasteiger partial charge in [0.2, 0.25) is 0 Å². The molecule has 0 N–H and O–H groups in total. The normalized spacial score (nSPS) is 13.3. The molecule has 10 rings (SSSR count). The molecular weight excluding hydrogens is 681 g/mol. The van der Waals surface area contributed by atoms with E-state index in [4.69, 9.17) is 9.40 Å². The highest BCUT2D eigenvalue weighted by molar-refractivity contribution is 6.13. The summed E-state index contributed by atoms with van der Waals surface area (Å²) in [6, 6.07) is 67.1. The van der Waals surface area contributed by atoms with E-state index >= 15 is 0 Å². The molecular formula is C53H42N2O. The lowest BCUT2D eigenvalue weighted by Gasteiger charge is -2.26. The topological polar surface area (TPSA) is 29.3 Å². The molecule has 3 nitrogen and oxygen atoms in total. The average molecular weight is 723 g/mol. The molecule has 0 spiro atoms. The van der Waals surface area contributed by atoms with Gasteiger partial charge in [-0.05, 0) is 95.1 Å². The van der Waals surface area contributed by atoms with Crippen molar-refractivity contribution in [2.24, 2.45) is 0 Å². The second-order valence-electron chi connectivity index (χ2n) is 15.0. The smallest absolute Gasteiger partial charge is 0.159 e. The minimum Gasteiger partial charge on any atom is -0.453 e. The SMILES string of the molecule is c1ccc(-c2cccc(N(c3cccc(-c4ccccc4)c3)c3cccc4c3oc3c(-c5cccc(-c6ccc(C7CCCCC7)cc6)n5)cccc34)c2)cc1. The molecule has 1 fully saturated rings. The molecule has 2 aromatic heterocycles. The second-order valence-corrected chi connectivity index (χ2v) is 15.0. The minimum atomic E-state index is 0.684. The fourth-order valence-electron chi connectivity index (χ4n) is 8.63. The third kappa shape index (κ3) is 6.46. The molecule has 1 saturated carbocycles. The van der Waals surface area contributed by atoms with Gasteiger partial charge in [-0.25, -0.2) is 4.98 Å². The number of anilines is 3. The van der Waals surface area contributed by atoms with Crippen molar-refractivity contribution in [1.29, 1.82) is 0 Å². The van der Waals surface area contributed by atoms with Crippen molar-refractivity contribution in [3.8, 4) is 44.8 Å². The van der Waals surface area contributed by atoms with Crippen LogP contribution < -0.4 is 4.90 Å². The van der Waals surface area contributed by atoms with Crippen molar-refractivity contribution < 1.29 is 4.42 Å². The number of aromatic nitrogens is 1. The standard InChI is InChI=1S/C53H42N2O/c1-4-15-37(16-5-1)40-31-33-41(34-32-40)49-28-14-29-50(54-49)48-27-12-25-46-47-26-13-30-51(53(47)56-52(46)48)55(44-23-10-21-42(35-44)38-17-6-2-7-18-38)45-24-11-22-43(36-45)39-19-8-3-9-20-39/h2-3,6-14,17-37H,1,4-5,15-16H2. The van der Waals surface area contributed by atoms with Gasteiger partial charge in [-0.3, -0.25) is 0 Å². The van der Waals surface area contributed by atoms with E-state index in [0.717, 1.165) is 72.6 Å². The van der Waals surface area contributed by atoms with E-state index in [-0.39, 0.29) is 0 Å².